The third kappa shape index (κ3) is 2.95. The zero-order chi connectivity index (χ0) is 8.27. The van der Waals surface area contributed by atoms with Crippen LogP contribution in [0.15, 0.2) is 30.3 Å². The van der Waals surface area contributed by atoms with E-state index < -0.39 is 0 Å². The van der Waals surface area contributed by atoms with Gasteiger partial charge in [0.05, 0.1) is 2.83 Å². The van der Waals surface area contributed by atoms with Crippen LogP contribution in [0.1, 0.15) is 10.8 Å². The van der Waals surface area contributed by atoms with Gasteiger partial charge in [0.15, 0.2) is 0 Å². The van der Waals surface area contributed by atoms with Gasteiger partial charge >= 0.3 is 0 Å². The zero-order valence-electron chi connectivity index (χ0n) is 5.74. The molecule has 2 unspecified atom stereocenters. The van der Waals surface area contributed by atoms with Gasteiger partial charge in [-0.1, -0.05) is 68.9 Å². The summed E-state index contributed by atoms with van der Waals surface area (Å²) in [6.07, 6.45) is 0. The molecule has 0 saturated heterocycles. The number of halogens is 2. The lowest BCUT2D eigenvalue weighted by Gasteiger charge is -2.11. The van der Waals surface area contributed by atoms with Crippen molar-refractivity contribution in [1.82, 2.24) is 0 Å². The monoisotopic (exact) mass is 342 g/mol. The quantitative estimate of drug-likeness (QED) is 0.471. The molecule has 0 aliphatic heterocycles. The van der Waals surface area contributed by atoms with Gasteiger partial charge in [-0.15, -0.1) is 0 Å². The van der Waals surface area contributed by atoms with Crippen molar-refractivity contribution in [3.05, 3.63) is 35.9 Å². The summed E-state index contributed by atoms with van der Waals surface area (Å²) in [4.78, 5) is 0. The summed E-state index contributed by atoms with van der Waals surface area (Å²) in [5, 5.41) is 0.275. The lowest BCUT2D eigenvalue weighted by atomic mass is 10.2. The first-order valence-corrected chi connectivity index (χ1v) is 5.91. The molecule has 0 heterocycles. The molecule has 0 fully saturated rings. The fraction of sp³-hybridized carbons (Fsp3) is 0.250. The van der Waals surface area contributed by atoms with Crippen LogP contribution in [0.3, 0.4) is 0 Å². The number of thiol groups is 1. The van der Waals surface area contributed by atoms with Crippen LogP contribution in [-0.4, -0.2) is 2.83 Å². The minimum Gasteiger partial charge on any atom is -0.169 e. The van der Waals surface area contributed by atoms with Gasteiger partial charge in [-0.3, -0.25) is 0 Å². The molecule has 0 amide bonds. The highest BCUT2D eigenvalue weighted by molar-refractivity contribution is 14.1. The van der Waals surface area contributed by atoms with E-state index in [1.165, 1.54) is 5.56 Å². The summed E-state index contributed by atoms with van der Waals surface area (Å²) in [7, 11) is 0. The second-order valence-corrected chi connectivity index (χ2v) is 6.79. The Bertz CT molecular complexity index is 213. The SMILES string of the molecule is SC(c1ccccc1)C(Br)I. The van der Waals surface area contributed by atoms with Crippen LogP contribution in [-0.2, 0) is 0 Å². The van der Waals surface area contributed by atoms with Crippen LogP contribution in [0.2, 0.25) is 0 Å². The van der Waals surface area contributed by atoms with Crippen molar-refractivity contribution >= 4 is 51.1 Å². The molecule has 0 saturated carbocycles. The number of hydrogen-bond donors (Lipinski definition) is 1. The van der Waals surface area contributed by atoms with E-state index in [-0.39, 0.29) is 5.25 Å². The van der Waals surface area contributed by atoms with Gasteiger partial charge in [0.2, 0.25) is 0 Å². The van der Waals surface area contributed by atoms with Crippen molar-refractivity contribution in [2.24, 2.45) is 0 Å². The molecule has 0 nitrogen and oxygen atoms in total. The number of rotatable bonds is 2. The lowest BCUT2D eigenvalue weighted by Crippen LogP contribution is -1.97. The van der Waals surface area contributed by atoms with Crippen molar-refractivity contribution in [1.29, 1.82) is 0 Å². The highest BCUT2D eigenvalue weighted by atomic mass is 127. The smallest absolute Gasteiger partial charge is 0.0818 e. The molecular weight excluding hydrogens is 335 g/mol. The highest BCUT2D eigenvalue weighted by Gasteiger charge is 2.12. The summed E-state index contributed by atoms with van der Waals surface area (Å²) in [6.45, 7) is 0. The van der Waals surface area contributed by atoms with E-state index in [9.17, 15) is 0 Å². The second kappa shape index (κ2) is 4.72. The molecule has 0 spiro atoms. The van der Waals surface area contributed by atoms with Crippen LogP contribution in [0.4, 0.5) is 0 Å². The van der Waals surface area contributed by atoms with E-state index >= 15 is 0 Å². The molecule has 1 aromatic rings. The number of hydrogen-bond acceptors (Lipinski definition) is 1. The standard InChI is InChI=1S/C8H8BrIS/c9-8(10)7(11)6-4-2-1-3-5-6/h1-5,7-8,11H. The number of benzene rings is 1. The molecule has 0 aliphatic rings. The van der Waals surface area contributed by atoms with Gasteiger partial charge in [-0.25, -0.2) is 0 Å². The fourth-order valence-electron chi connectivity index (χ4n) is 0.796. The van der Waals surface area contributed by atoms with Gasteiger partial charge in [-0.2, -0.15) is 12.6 Å². The van der Waals surface area contributed by atoms with Crippen LogP contribution >= 0.6 is 51.1 Å². The second-order valence-electron chi connectivity index (χ2n) is 2.19. The van der Waals surface area contributed by atoms with E-state index in [0.717, 1.165) is 0 Å². The van der Waals surface area contributed by atoms with Gasteiger partial charge in [0.1, 0.15) is 0 Å². The largest absolute Gasteiger partial charge is 0.169 e. The zero-order valence-corrected chi connectivity index (χ0v) is 10.4. The Morgan fingerprint density at radius 1 is 1.27 bits per heavy atom. The predicted molar refractivity (Wildman–Crippen MR) is 64.9 cm³/mol. The van der Waals surface area contributed by atoms with Gasteiger partial charge in [-0.05, 0) is 5.56 Å². The van der Waals surface area contributed by atoms with E-state index in [4.69, 9.17) is 0 Å². The molecule has 1 rings (SSSR count). The van der Waals surface area contributed by atoms with Crippen molar-refractivity contribution in [3.63, 3.8) is 0 Å². The molecule has 3 heteroatoms. The van der Waals surface area contributed by atoms with Crippen LogP contribution in [0, 0.1) is 0 Å². The maximum Gasteiger partial charge on any atom is 0.0818 e. The van der Waals surface area contributed by atoms with Crippen LogP contribution in [0.5, 0.6) is 0 Å². The van der Waals surface area contributed by atoms with Crippen LogP contribution in [0.25, 0.3) is 0 Å². The third-order valence-corrected chi connectivity index (χ3v) is 4.20. The molecule has 0 radical (unpaired) electrons. The Labute approximate surface area is 94.4 Å². The normalized spacial score (nSPS) is 15.9. The average molecular weight is 343 g/mol. The van der Waals surface area contributed by atoms with Gasteiger partial charge < -0.3 is 0 Å². The Hall–Kier alpha value is 0.780. The maximum atomic E-state index is 4.46. The Morgan fingerprint density at radius 2 is 1.82 bits per heavy atom. The number of alkyl halides is 2. The maximum absolute atomic E-state index is 4.46. The van der Waals surface area contributed by atoms with Crippen molar-refractivity contribution in [3.8, 4) is 0 Å². The Balaban J connectivity index is 2.77. The first-order valence-electron chi connectivity index (χ1n) is 3.23. The molecule has 1 aromatic carbocycles. The molecular formula is C8H8BrIS. The van der Waals surface area contributed by atoms with E-state index in [0.29, 0.717) is 2.83 Å². The molecule has 2 atom stereocenters. The average Bonchev–Trinajstić information content (AvgIpc) is 2.05. The van der Waals surface area contributed by atoms with Gasteiger partial charge in [0, 0.05) is 5.25 Å². The summed E-state index contributed by atoms with van der Waals surface area (Å²) in [5.74, 6) is 0. The minimum absolute atomic E-state index is 0.275. The van der Waals surface area contributed by atoms with Crippen LogP contribution < -0.4 is 0 Å². The van der Waals surface area contributed by atoms with E-state index in [1.54, 1.807) is 0 Å². The summed E-state index contributed by atoms with van der Waals surface area (Å²) < 4.78 is 0.380. The van der Waals surface area contributed by atoms with Crippen molar-refractivity contribution in [2.45, 2.75) is 8.08 Å². The predicted octanol–water partition coefficient (Wildman–Crippen LogP) is 3.81. The minimum atomic E-state index is 0.275. The van der Waals surface area contributed by atoms with Crippen molar-refractivity contribution in [2.75, 3.05) is 0 Å². The molecule has 0 aliphatic carbocycles. The fourth-order valence-corrected chi connectivity index (χ4v) is 1.69. The summed E-state index contributed by atoms with van der Waals surface area (Å²) in [5.41, 5.74) is 1.26. The molecule has 0 bridgehead atoms. The first-order chi connectivity index (χ1) is 5.22. The van der Waals surface area contributed by atoms with E-state index in [2.05, 4.69) is 63.3 Å². The highest BCUT2D eigenvalue weighted by Crippen LogP contribution is 2.32. The van der Waals surface area contributed by atoms with Gasteiger partial charge in [0.25, 0.3) is 0 Å². The molecule has 60 valence electrons. The lowest BCUT2D eigenvalue weighted by molar-refractivity contribution is 1.12. The summed E-state index contributed by atoms with van der Waals surface area (Å²) in [6, 6.07) is 10.3. The Kier molecular flexibility index (Phi) is 4.23. The molecule has 11 heavy (non-hydrogen) atoms. The first kappa shape index (κ1) is 9.86. The molecule has 0 N–H and O–H groups in total. The van der Waals surface area contributed by atoms with Crippen molar-refractivity contribution < 1.29 is 0 Å². The molecule has 0 aromatic heterocycles. The topological polar surface area (TPSA) is 0 Å². The van der Waals surface area contributed by atoms with E-state index in [1.807, 2.05) is 18.2 Å². The Morgan fingerprint density at radius 3 is 2.27 bits per heavy atom. The third-order valence-electron chi connectivity index (χ3n) is 1.38. The summed E-state index contributed by atoms with van der Waals surface area (Å²) >= 11 is 10.3.